The molecular weight excluding hydrogens is 356 g/mol. The van der Waals surface area contributed by atoms with Gasteiger partial charge in [0.05, 0.1) is 19.3 Å². The van der Waals surface area contributed by atoms with Crippen molar-refractivity contribution in [2.75, 3.05) is 20.2 Å². The second-order valence-corrected chi connectivity index (χ2v) is 6.94. The molecule has 7 nitrogen and oxygen atoms in total. The van der Waals surface area contributed by atoms with Gasteiger partial charge in [-0.15, -0.1) is 0 Å². The molecular formula is C21H22N4O3. The predicted octanol–water partition coefficient (Wildman–Crippen LogP) is 2.60. The van der Waals surface area contributed by atoms with Gasteiger partial charge in [-0.3, -0.25) is 14.9 Å². The summed E-state index contributed by atoms with van der Waals surface area (Å²) in [6.45, 7) is 0.776. The number of carbonyl (C=O) groups is 1. The minimum absolute atomic E-state index is 0.192. The number of hydrogen-bond donors (Lipinski definition) is 2. The molecule has 1 fully saturated rings. The summed E-state index contributed by atoms with van der Waals surface area (Å²) in [4.78, 5) is 18.9. The third-order valence-corrected chi connectivity index (χ3v) is 5.10. The van der Waals surface area contributed by atoms with Crippen LogP contribution in [0.1, 0.15) is 28.9 Å². The highest BCUT2D eigenvalue weighted by Crippen LogP contribution is 2.37. The van der Waals surface area contributed by atoms with E-state index in [1.165, 1.54) is 0 Å². The maximum absolute atomic E-state index is 13.0. The quantitative estimate of drug-likeness (QED) is 0.728. The van der Waals surface area contributed by atoms with Gasteiger partial charge in [0.15, 0.2) is 0 Å². The first-order valence-corrected chi connectivity index (χ1v) is 9.23. The van der Waals surface area contributed by atoms with Gasteiger partial charge in [0.1, 0.15) is 22.7 Å². The summed E-state index contributed by atoms with van der Waals surface area (Å²) in [5, 5.41) is 18.3. The van der Waals surface area contributed by atoms with Crippen molar-refractivity contribution >= 4 is 5.91 Å². The summed E-state index contributed by atoms with van der Waals surface area (Å²) >= 11 is 0. The van der Waals surface area contributed by atoms with Crippen LogP contribution < -0.4 is 4.74 Å². The Morgan fingerprint density at radius 3 is 2.82 bits per heavy atom. The van der Waals surface area contributed by atoms with Gasteiger partial charge in [-0.25, -0.2) is 0 Å². The zero-order valence-corrected chi connectivity index (χ0v) is 15.6. The summed E-state index contributed by atoms with van der Waals surface area (Å²) in [7, 11) is 1.58. The summed E-state index contributed by atoms with van der Waals surface area (Å²) in [6.07, 6.45) is 2.95. The molecule has 4 rings (SSSR count). The van der Waals surface area contributed by atoms with Crippen LogP contribution >= 0.6 is 0 Å². The maximum atomic E-state index is 13.0. The van der Waals surface area contributed by atoms with Gasteiger partial charge >= 0.3 is 0 Å². The topological polar surface area (TPSA) is 91.3 Å². The average molecular weight is 378 g/mol. The molecule has 7 heteroatoms. The lowest BCUT2D eigenvalue weighted by atomic mass is 9.85. The number of nitrogens with zero attached hydrogens (tertiary/aromatic N) is 3. The molecule has 1 unspecified atom stereocenters. The molecule has 1 atom stereocenters. The molecule has 0 radical (unpaired) electrons. The molecule has 2 aromatic heterocycles. The number of benzene rings is 1. The van der Waals surface area contributed by atoms with Crippen LogP contribution in [0.25, 0.3) is 11.4 Å². The van der Waals surface area contributed by atoms with E-state index in [0.717, 1.165) is 0 Å². The zero-order valence-electron chi connectivity index (χ0n) is 15.6. The van der Waals surface area contributed by atoms with E-state index in [0.29, 0.717) is 47.8 Å². The highest BCUT2D eigenvalue weighted by atomic mass is 16.5. The van der Waals surface area contributed by atoms with Crippen molar-refractivity contribution in [1.29, 1.82) is 0 Å². The minimum Gasteiger partial charge on any atom is -0.496 e. The molecule has 1 aliphatic rings. The van der Waals surface area contributed by atoms with Gasteiger partial charge < -0.3 is 14.7 Å². The molecule has 1 aromatic carbocycles. The molecule has 1 amide bonds. The van der Waals surface area contributed by atoms with Crippen molar-refractivity contribution in [2.45, 2.75) is 18.4 Å². The lowest BCUT2D eigenvalue weighted by molar-refractivity contribution is -0.0304. The van der Waals surface area contributed by atoms with Crippen LogP contribution in [0.3, 0.4) is 0 Å². The Morgan fingerprint density at radius 2 is 2.04 bits per heavy atom. The number of hydrogen-bond acceptors (Lipinski definition) is 5. The largest absolute Gasteiger partial charge is 0.496 e. The number of β-amino-alcohol motifs (C(OH)–C–C–N with tert-alkyl or cyclic N) is 1. The number of ether oxygens (including phenoxy) is 1. The molecule has 3 aromatic rings. The highest BCUT2D eigenvalue weighted by Gasteiger charge is 2.39. The Balaban J connectivity index is 1.56. The van der Waals surface area contributed by atoms with Crippen molar-refractivity contribution in [1.82, 2.24) is 20.1 Å². The third-order valence-electron chi connectivity index (χ3n) is 5.10. The van der Waals surface area contributed by atoms with E-state index in [9.17, 15) is 9.90 Å². The van der Waals surface area contributed by atoms with E-state index in [1.54, 1.807) is 24.3 Å². The van der Waals surface area contributed by atoms with E-state index < -0.39 is 5.60 Å². The Kier molecular flexibility index (Phi) is 4.83. The summed E-state index contributed by atoms with van der Waals surface area (Å²) in [5.74, 6) is 0.431. The highest BCUT2D eigenvalue weighted by molar-refractivity contribution is 5.93. The molecule has 28 heavy (non-hydrogen) atoms. The van der Waals surface area contributed by atoms with Gasteiger partial charge in [0.2, 0.25) is 0 Å². The second-order valence-electron chi connectivity index (χ2n) is 6.94. The lowest BCUT2D eigenvalue weighted by Crippen LogP contribution is -2.48. The van der Waals surface area contributed by atoms with Crippen LogP contribution in [0.2, 0.25) is 0 Å². The first kappa shape index (κ1) is 18.2. The number of methoxy groups -OCH3 is 1. The molecule has 144 valence electrons. The van der Waals surface area contributed by atoms with Crippen LogP contribution in [0.4, 0.5) is 0 Å². The van der Waals surface area contributed by atoms with Gasteiger partial charge in [0, 0.05) is 18.3 Å². The standard InChI is InChI=1S/C21H22N4O3/c1-28-19-9-3-2-7-15(19)21(27)10-6-12-25(14-21)20(26)18-13-17(23-24-18)16-8-4-5-11-22-16/h2-5,7-9,11,13,27H,6,10,12,14H2,1H3,(H,23,24). The first-order valence-electron chi connectivity index (χ1n) is 9.23. The van der Waals surface area contributed by atoms with Crippen molar-refractivity contribution < 1.29 is 14.6 Å². The molecule has 2 N–H and O–H groups in total. The average Bonchev–Trinajstić information content (AvgIpc) is 3.24. The fourth-order valence-electron chi connectivity index (χ4n) is 3.71. The first-order chi connectivity index (χ1) is 13.6. The summed E-state index contributed by atoms with van der Waals surface area (Å²) in [6, 6.07) is 14.6. The molecule has 0 spiro atoms. The predicted molar refractivity (Wildman–Crippen MR) is 104 cm³/mol. The van der Waals surface area contributed by atoms with Gasteiger partial charge in [-0.05, 0) is 37.1 Å². The van der Waals surface area contributed by atoms with Gasteiger partial charge in [-0.2, -0.15) is 5.10 Å². The third kappa shape index (κ3) is 3.36. The van der Waals surface area contributed by atoms with E-state index in [-0.39, 0.29) is 12.5 Å². The number of likely N-dealkylation sites (tertiary alicyclic amines) is 1. The number of para-hydroxylation sites is 1. The Morgan fingerprint density at radius 1 is 1.21 bits per heavy atom. The zero-order chi connectivity index (χ0) is 19.6. The maximum Gasteiger partial charge on any atom is 0.271 e. The number of aromatic nitrogens is 3. The minimum atomic E-state index is -1.15. The van der Waals surface area contributed by atoms with Crippen LogP contribution in [-0.2, 0) is 5.60 Å². The lowest BCUT2D eigenvalue weighted by Gasteiger charge is -2.39. The molecule has 0 bridgehead atoms. The van der Waals surface area contributed by atoms with Gasteiger partial charge in [0.25, 0.3) is 5.91 Å². The fraction of sp³-hybridized carbons (Fsp3) is 0.286. The van der Waals surface area contributed by atoms with Crippen LogP contribution in [0.5, 0.6) is 5.75 Å². The smallest absolute Gasteiger partial charge is 0.271 e. The monoisotopic (exact) mass is 378 g/mol. The Labute approximate surface area is 163 Å². The number of rotatable bonds is 4. The molecule has 0 aliphatic carbocycles. The molecule has 1 saturated heterocycles. The Bertz CT molecular complexity index is 973. The summed E-state index contributed by atoms with van der Waals surface area (Å²) < 4.78 is 5.41. The number of amides is 1. The number of carbonyl (C=O) groups excluding carboxylic acids is 1. The van der Waals surface area contributed by atoms with Crippen molar-refractivity contribution in [2.24, 2.45) is 0 Å². The van der Waals surface area contributed by atoms with E-state index in [4.69, 9.17) is 4.74 Å². The number of aliphatic hydroxyl groups is 1. The number of H-pyrrole nitrogens is 1. The van der Waals surface area contributed by atoms with Crippen LogP contribution in [0.15, 0.2) is 54.7 Å². The number of piperidine rings is 1. The normalized spacial score (nSPS) is 19.4. The van der Waals surface area contributed by atoms with Gasteiger partial charge in [-0.1, -0.05) is 24.3 Å². The Hall–Kier alpha value is -3.19. The number of pyridine rings is 1. The number of aromatic amines is 1. The van der Waals surface area contributed by atoms with Crippen molar-refractivity contribution in [3.05, 3.63) is 66.0 Å². The summed E-state index contributed by atoms with van der Waals surface area (Å²) in [5.41, 5.74) is 1.24. The van der Waals surface area contributed by atoms with Crippen molar-refractivity contribution in [3.63, 3.8) is 0 Å². The second kappa shape index (κ2) is 7.44. The molecule has 3 heterocycles. The van der Waals surface area contributed by atoms with E-state index in [2.05, 4.69) is 15.2 Å². The molecule has 0 saturated carbocycles. The van der Waals surface area contributed by atoms with Crippen LogP contribution in [0, 0.1) is 0 Å². The fourth-order valence-corrected chi connectivity index (χ4v) is 3.71. The van der Waals surface area contributed by atoms with E-state index in [1.807, 2.05) is 42.5 Å². The van der Waals surface area contributed by atoms with Crippen molar-refractivity contribution in [3.8, 4) is 17.1 Å². The van der Waals surface area contributed by atoms with Crippen LogP contribution in [-0.4, -0.2) is 51.3 Å². The SMILES string of the molecule is COc1ccccc1C1(O)CCCN(C(=O)c2cc(-c3ccccn3)n[nH]2)C1. The molecule has 1 aliphatic heterocycles. The van der Waals surface area contributed by atoms with E-state index >= 15 is 0 Å². The number of nitrogens with one attached hydrogen (secondary N) is 1.